The maximum Gasteiger partial charge on any atom is 0.194 e. The number of nitrogens with one attached hydrogen (secondary N) is 1. The van der Waals surface area contributed by atoms with Gasteiger partial charge in [0.1, 0.15) is 12.4 Å². The average Bonchev–Trinajstić information content (AvgIpc) is 3.24. The van der Waals surface area contributed by atoms with Crippen LogP contribution in [0.3, 0.4) is 0 Å². The molecule has 0 aliphatic heterocycles. The minimum Gasteiger partial charge on any atom is -0.350 e. The highest BCUT2D eigenvalue weighted by atomic mass is 127. The number of hydrogen-bond donors (Lipinski definition) is 1. The van der Waals surface area contributed by atoms with E-state index in [4.69, 9.17) is 4.99 Å². The number of rotatable bonds is 6. The molecule has 1 aromatic carbocycles. The number of nitrogens with zero attached hydrogens (tertiary/aromatic N) is 6. The zero-order valence-electron chi connectivity index (χ0n) is 17.5. The lowest BCUT2D eigenvalue weighted by atomic mass is 10.1. The summed E-state index contributed by atoms with van der Waals surface area (Å²) in [6.45, 7) is 7.25. The number of aliphatic imine (C=N–C) groups is 1. The third-order valence-electron chi connectivity index (χ3n) is 4.63. The minimum atomic E-state index is 0. The molecule has 0 saturated carbocycles. The maximum absolute atomic E-state index is 4.82. The van der Waals surface area contributed by atoms with E-state index in [-0.39, 0.29) is 30.0 Å². The molecule has 0 aliphatic carbocycles. The molecule has 0 fully saturated rings. The van der Waals surface area contributed by atoms with Gasteiger partial charge in [0.2, 0.25) is 0 Å². The summed E-state index contributed by atoms with van der Waals surface area (Å²) < 4.78 is 1.96. The van der Waals surface area contributed by atoms with Crippen molar-refractivity contribution in [3.8, 4) is 0 Å². The largest absolute Gasteiger partial charge is 0.350 e. The Balaban J connectivity index is 0.00000300. The van der Waals surface area contributed by atoms with E-state index in [1.54, 1.807) is 11.3 Å². The fourth-order valence-corrected chi connectivity index (χ4v) is 3.43. The maximum atomic E-state index is 4.82. The van der Waals surface area contributed by atoms with Gasteiger partial charge in [-0.2, -0.15) is 0 Å². The van der Waals surface area contributed by atoms with Crippen LogP contribution in [0.4, 0.5) is 0 Å². The Hall–Kier alpha value is -2.01. The molecule has 0 aliphatic rings. The van der Waals surface area contributed by atoms with Crippen molar-refractivity contribution < 1.29 is 0 Å². The van der Waals surface area contributed by atoms with Crippen LogP contribution in [0.1, 0.15) is 40.9 Å². The third kappa shape index (κ3) is 6.23. The topological polar surface area (TPSA) is 71.2 Å². The molecule has 3 aromatic rings. The van der Waals surface area contributed by atoms with Gasteiger partial charge in [-0.25, -0.2) is 9.98 Å². The fraction of sp³-hybridized carbons (Fsp3) is 0.400. The number of benzene rings is 1. The molecule has 0 bridgehead atoms. The van der Waals surface area contributed by atoms with Crippen LogP contribution < -0.4 is 5.32 Å². The number of aryl methyl sites for hydroxylation is 2. The highest BCUT2D eigenvalue weighted by molar-refractivity contribution is 14.0. The standard InChI is InChI=1S/C20H27N7S.HI/c1-14(17-9-7-6-8-10-17)22-20(21-11-19-25-24-15(2)27(19)5)26(4)12-18-13-28-16(3)23-18;/h6-10,13-14H,11-12H2,1-5H3,(H,21,22);1H. The van der Waals surface area contributed by atoms with Crippen LogP contribution in [-0.4, -0.2) is 37.7 Å². The third-order valence-corrected chi connectivity index (χ3v) is 5.45. The quantitative estimate of drug-likeness (QED) is 0.301. The number of halogens is 1. The molecule has 1 unspecified atom stereocenters. The van der Waals surface area contributed by atoms with Crippen LogP contribution >= 0.6 is 35.3 Å². The van der Waals surface area contributed by atoms with E-state index in [1.807, 2.05) is 38.6 Å². The summed E-state index contributed by atoms with van der Waals surface area (Å²) in [5, 5.41) is 15.1. The van der Waals surface area contributed by atoms with Gasteiger partial charge >= 0.3 is 0 Å². The summed E-state index contributed by atoms with van der Waals surface area (Å²) in [6, 6.07) is 10.5. The lowest BCUT2D eigenvalue weighted by molar-refractivity contribution is 0.458. The van der Waals surface area contributed by atoms with E-state index < -0.39 is 0 Å². The fourth-order valence-electron chi connectivity index (χ4n) is 2.83. The van der Waals surface area contributed by atoms with Gasteiger partial charge in [-0.3, -0.25) is 0 Å². The first-order chi connectivity index (χ1) is 13.4. The summed E-state index contributed by atoms with van der Waals surface area (Å²) >= 11 is 1.66. The number of aromatic nitrogens is 4. The van der Waals surface area contributed by atoms with Gasteiger partial charge in [-0.15, -0.1) is 45.5 Å². The van der Waals surface area contributed by atoms with Crippen molar-refractivity contribution in [2.45, 2.75) is 39.9 Å². The number of guanidine groups is 1. The Labute approximate surface area is 193 Å². The van der Waals surface area contributed by atoms with Gasteiger partial charge in [0, 0.05) is 19.5 Å². The zero-order valence-corrected chi connectivity index (χ0v) is 20.6. The first-order valence-corrected chi connectivity index (χ1v) is 10.1. The Bertz CT molecular complexity index is 935. The summed E-state index contributed by atoms with van der Waals surface area (Å²) in [7, 11) is 3.99. The SMILES string of the molecule is Cc1nc(CN(C)C(=NCc2nnc(C)n2C)NC(C)c2ccccc2)cs1.I. The van der Waals surface area contributed by atoms with Crippen LogP contribution in [0, 0.1) is 13.8 Å². The normalized spacial score (nSPS) is 12.4. The monoisotopic (exact) mass is 525 g/mol. The molecule has 0 radical (unpaired) electrons. The summed E-state index contributed by atoms with van der Waals surface area (Å²) in [6.07, 6.45) is 0. The molecule has 7 nitrogen and oxygen atoms in total. The first-order valence-electron chi connectivity index (χ1n) is 9.27. The second kappa shape index (κ2) is 10.7. The van der Waals surface area contributed by atoms with Crippen LogP contribution in [0.5, 0.6) is 0 Å². The Morgan fingerprint density at radius 1 is 1.24 bits per heavy atom. The molecule has 9 heteroatoms. The second-order valence-electron chi connectivity index (χ2n) is 6.85. The van der Waals surface area contributed by atoms with E-state index in [0.717, 1.165) is 28.3 Å². The zero-order chi connectivity index (χ0) is 20.1. The molecular weight excluding hydrogens is 497 g/mol. The summed E-state index contributed by atoms with van der Waals surface area (Å²) in [5.41, 5.74) is 2.25. The summed E-state index contributed by atoms with van der Waals surface area (Å²) in [4.78, 5) is 11.5. The number of hydrogen-bond acceptors (Lipinski definition) is 5. The van der Waals surface area contributed by atoms with E-state index >= 15 is 0 Å². The Morgan fingerprint density at radius 2 is 1.97 bits per heavy atom. The van der Waals surface area contributed by atoms with Crippen LogP contribution in [0.15, 0.2) is 40.7 Å². The van der Waals surface area contributed by atoms with Gasteiger partial charge in [-0.05, 0) is 26.3 Å². The second-order valence-corrected chi connectivity index (χ2v) is 7.92. The highest BCUT2D eigenvalue weighted by Gasteiger charge is 2.14. The predicted octanol–water partition coefficient (Wildman–Crippen LogP) is 3.85. The number of thiazole rings is 1. The molecule has 0 spiro atoms. The molecule has 2 aromatic heterocycles. The molecule has 29 heavy (non-hydrogen) atoms. The first kappa shape index (κ1) is 23.3. The molecule has 0 amide bonds. The van der Waals surface area contributed by atoms with Gasteiger partial charge in [-0.1, -0.05) is 30.3 Å². The Morgan fingerprint density at radius 3 is 2.55 bits per heavy atom. The molecule has 1 atom stereocenters. The van der Waals surface area contributed by atoms with Crippen molar-refractivity contribution >= 4 is 41.3 Å². The smallest absolute Gasteiger partial charge is 0.194 e. The molecule has 2 heterocycles. The van der Waals surface area contributed by atoms with E-state index in [2.05, 4.69) is 62.0 Å². The molecule has 156 valence electrons. The van der Waals surface area contributed by atoms with Crippen LogP contribution in [0.2, 0.25) is 0 Å². The lowest BCUT2D eigenvalue weighted by Gasteiger charge is -2.25. The Kier molecular flexibility index (Phi) is 8.57. The van der Waals surface area contributed by atoms with Crippen LogP contribution in [0.25, 0.3) is 0 Å². The predicted molar refractivity (Wildman–Crippen MR) is 129 cm³/mol. The van der Waals surface area contributed by atoms with E-state index in [1.165, 1.54) is 5.56 Å². The van der Waals surface area contributed by atoms with Gasteiger partial charge in [0.15, 0.2) is 11.8 Å². The minimum absolute atomic E-state index is 0. The van der Waals surface area contributed by atoms with E-state index in [9.17, 15) is 0 Å². The highest BCUT2D eigenvalue weighted by Crippen LogP contribution is 2.14. The van der Waals surface area contributed by atoms with Gasteiger partial charge in [0.05, 0.1) is 23.3 Å². The molecule has 0 saturated heterocycles. The van der Waals surface area contributed by atoms with E-state index in [0.29, 0.717) is 13.1 Å². The van der Waals surface area contributed by atoms with Crippen LogP contribution in [-0.2, 0) is 20.1 Å². The van der Waals surface area contributed by atoms with Crippen molar-refractivity contribution in [2.75, 3.05) is 7.05 Å². The van der Waals surface area contributed by atoms with Crippen molar-refractivity contribution in [1.29, 1.82) is 0 Å². The lowest BCUT2D eigenvalue weighted by Crippen LogP contribution is -2.40. The van der Waals surface area contributed by atoms with Gasteiger partial charge < -0.3 is 14.8 Å². The molecule has 3 rings (SSSR count). The van der Waals surface area contributed by atoms with Crippen molar-refractivity contribution in [1.82, 2.24) is 30.0 Å². The van der Waals surface area contributed by atoms with Crippen molar-refractivity contribution in [3.63, 3.8) is 0 Å². The molecule has 1 N–H and O–H groups in total. The average molecular weight is 525 g/mol. The van der Waals surface area contributed by atoms with Crippen molar-refractivity contribution in [2.24, 2.45) is 12.0 Å². The van der Waals surface area contributed by atoms with Gasteiger partial charge in [0.25, 0.3) is 0 Å². The van der Waals surface area contributed by atoms with Crippen molar-refractivity contribution in [3.05, 3.63) is 63.6 Å². The molecular formula is C20H28IN7S. The summed E-state index contributed by atoms with van der Waals surface area (Å²) in [5.74, 6) is 2.52.